The third-order valence-electron chi connectivity index (χ3n) is 5.74. The summed E-state index contributed by atoms with van der Waals surface area (Å²) in [4.78, 5) is 37.2. The molecule has 0 aliphatic heterocycles. The van der Waals surface area contributed by atoms with Crippen LogP contribution in [0.3, 0.4) is 0 Å². The number of nitrogens with one attached hydrogen (secondary N) is 2. The molecule has 2 N–H and O–H groups in total. The van der Waals surface area contributed by atoms with Crippen molar-refractivity contribution >= 4 is 29.2 Å². The van der Waals surface area contributed by atoms with Crippen LogP contribution in [0.4, 0.5) is 5.69 Å². The Labute approximate surface area is 202 Å². The lowest BCUT2D eigenvalue weighted by Gasteiger charge is -2.14. The predicted octanol–water partition coefficient (Wildman–Crippen LogP) is 4.11. The van der Waals surface area contributed by atoms with Gasteiger partial charge in [-0.15, -0.1) is 0 Å². The maximum absolute atomic E-state index is 12.9. The van der Waals surface area contributed by atoms with Gasteiger partial charge in [0.1, 0.15) is 11.5 Å². The number of hydrogen-bond donors (Lipinski definition) is 2. The fraction of sp³-hybridized carbons (Fsp3) is 0.231. The molecule has 0 atom stereocenters. The highest BCUT2D eigenvalue weighted by Crippen LogP contribution is 2.30. The number of carbonyl (C=O) groups is 3. The molecular formula is C26H25N3O6. The van der Waals surface area contributed by atoms with Crippen molar-refractivity contribution in [2.75, 3.05) is 19.5 Å². The summed E-state index contributed by atoms with van der Waals surface area (Å²) in [6.07, 6.45) is 2.08. The van der Waals surface area contributed by atoms with Gasteiger partial charge in [-0.3, -0.25) is 9.59 Å². The van der Waals surface area contributed by atoms with Crippen LogP contribution in [0, 0.1) is 6.92 Å². The molecular weight excluding hydrogens is 450 g/mol. The zero-order chi connectivity index (χ0) is 24.9. The highest BCUT2D eigenvalue weighted by atomic mass is 16.5. The van der Waals surface area contributed by atoms with Crippen molar-refractivity contribution in [3.63, 3.8) is 0 Å². The number of furan rings is 1. The van der Waals surface area contributed by atoms with Gasteiger partial charge < -0.3 is 19.2 Å². The summed E-state index contributed by atoms with van der Waals surface area (Å²) >= 11 is 0. The molecule has 3 aromatic rings. The molecule has 0 saturated heterocycles. The average molecular weight is 476 g/mol. The number of hydrazone groups is 1. The van der Waals surface area contributed by atoms with Crippen molar-refractivity contribution < 1.29 is 28.3 Å². The van der Waals surface area contributed by atoms with Gasteiger partial charge in [-0.05, 0) is 56.2 Å². The molecule has 1 heterocycles. The third-order valence-corrected chi connectivity index (χ3v) is 5.74. The van der Waals surface area contributed by atoms with Gasteiger partial charge in [0, 0.05) is 23.2 Å². The standard InChI is InChI=1S/C26H25N3O6/c1-15-22-19(28-29-24(30)18-7-4-5-9-20(18)33-2)8-6-10-21(22)35-23(15)25(31)27-17-13-11-16(12-14-17)26(32)34-3/h4-5,7,9,11-14H,6,8,10H2,1-3H3,(H,27,31)(H,29,30)/b28-19+. The van der Waals surface area contributed by atoms with Gasteiger partial charge in [-0.25, -0.2) is 10.2 Å². The van der Waals surface area contributed by atoms with Crippen LogP contribution in [-0.4, -0.2) is 37.7 Å². The SMILES string of the molecule is COC(=O)c1ccc(NC(=O)c2oc3c(c2C)/C(=N/NC(=O)c2ccccc2OC)CCC3)cc1. The number of methoxy groups -OCH3 is 2. The molecule has 1 aromatic heterocycles. The third kappa shape index (κ3) is 4.93. The van der Waals surface area contributed by atoms with Gasteiger partial charge in [0.15, 0.2) is 5.76 Å². The molecule has 0 bridgehead atoms. The van der Waals surface area contributed by atoms with Crippen LogP contribution in [0.1, 0.15) is 61.0 Å². The maximum Gasteiger partial charge on any atom is 0.337 e. The van der Waals surface area contributed by atoms with E-state index in [4.69, 9.17) is 9.15 Å². The molecule has 2 aromatic carbocycles. The van der Waals surface area contributed by atoms with Crippen molar-refractivity contribution in [2.45, 2.75) is 26.2 Å². The lowest BCUT2D eigenvalue weighted by molar-refractivity contribution is 0.0600. The Morgan fingerprint density at radius 1 is 0.971 bits per heavy atom. The number of amides is 2. The highest BCUT2D eigenvalue weighted by Gasteiger charge is 2.28. The molecule has 1 aliphatic rings. The highest BCUT2D eigenvalue weighted by molar-refractivity contribution is 6.09. The van der Waals surface area contributed by atoms with Crippen molar-refractivity contribution in [3.8, 4) is 5.75 Å². The largest absolute Gasteiger partial charge is 0.496 e. The Kier molecular flexibility index (Phi) is 6.96. The van der Waals surface area contributed by atoms with Gasteiger partial charge >= 0.3 is 5.97 Å². The number of aryl methyl sites for hydroxylation is 1. The van der Waals surface area contributed by atoms with E-state index in [1.54, 1.807) is 55.5 Å². The number of para-hydroxylation sites is 1. The van der Waals surface area contributed by atoms with Crippen LogP contribution in [0.5, 0.6) is 5.75 Å². The van der Waals surface area contributed by atoms with E-state index in [1.807, 2.05) is 0 Å². The minimum atomic E-state index is -0.456. The minimum Gasteiger partial charge on any atom is -0.496 e. The number of rotatable bonds is 6. The quantitative estimate of drug-likeness (QED) is 0.409. The molecule has 0 unspecified atom stereocenters. The van der Waals surface area contributed by atoms with Crippen LogP contribution in [0.15, 0.2) is 58.0 Å². The van der Waals surface area contributed by atoms with Gasteiger partial charge in [-0.1, -0.05) is 12.1 Å². The van der Waals surface area contributed by atoms with Crippen molar-refractivity contribution in [1.82, 2.24) is 5.43 Å². The van der Waals surface area contributed by atoms with E-state index >= 15 is 0 Å². The molecule has 0 saturated carbocycles. The fourth-order valence-corrected chi connectivity index (χ4v) is 4.00. The smallest absolute Gasteiger partial charge is 0.337 e. The van der Waals surface area contributed by atoms with Crippen LogP contribution in [0.25, 0.3) is 0 Å². The molecule has 2 amide bonds. The Morgan fingerprint density at radius 3 is 2.43 bits per heavy atom. The monoisotopic (exact) mass is 475 g/mol. The number of carbonyl (C=O) groups excluding carboxylic acids is 3. The molecule has 180 valence electrons. The number of nitrogens with zero attached hydrogens (tertiary/aromatic N) is 1. The van der Waals surface area contributed by atoms with Crippen LogP contribution in [-0.2, 0) is 11.2 Å². The number of anilines is 1. The Balaban J connectivity index is 1.53. The van der Waals surface area contributed by atoms with E-state index in [1.165, 1.54) is 14.2 Å². The topological polar surface area (TPSA) is 119 Å². The normalized spacial score (nSPS) is 13.6. The molecule has 4 rings (SSSR count). The van der Waals surface area contributed by atoms with E-state index in [-0.39, 0.29) is 5.76 Å². The van der Waals surface area contributed by atoms with Gasteiger partial charge in [0.2, 0.25) is 0 Å². The first kappa shape index (κ1) is 23.7. The summed E-state index contributed by atoms with van der Waals surface area (Å²) in [5.41, 5.74) is 5.90. The predicted molar refractivity (Wildman–Crippen MR) is 129 cm³/mol. The number of hydrogen-bond acceptors (Lipinski definition) is 7. The molecule has 0 fully saturated rings. The second kappa shape index (κ2) is 10.3. The van der Waals surface area contributed by atoms with Crippen molar-refractivity contribution in [1.29, 1.82) is 0 Å². The van der Waals surface area contributed by atoms with Gasteiger partial charge in [-0.2, -0.15) is 5.10 Å². The number of fused-ring (bicyclic) bond motifs is 1. The molecule has 0 spiro atoms. The second-order valence-electron chi connectivity index (χ2n) is 7.93. The Bertz CT molecular complexity index is 1310. The Morgan fingerprint density at radius 2 is 1.71 bits per heavy atom. The van der Waals surface area contributed by atoms with Gasteiger partial charge in [0.05, 0.1) is 31.1 Å². The summed E-state index contributed by atoms with van der Waals surface area (Å²) < 4.78 is 15.8. The molecule has 35 heavy (non-hydrogen) atoms. The number of esters is 1. The van der Waals surface area contributed by atoms with E-state index in [0.29, 0.717) is 52.4 Å². The van der Waals surface area contributed by atoms with Crippen molar-refractivity contribution in [2.24, 2.45) is 5.10 Å². The van der Waals surface area contributed by atoms with E-state index in [0.717, 1.165) is 12.0 Å². The van der Waals surface area contributed by atoms with E-state index in [9.17, 15) is 14.4 Å². The van der Waals surface area contributed by atoms with Crippen LogP contribution in [0.2, 0.25) is 0 Å². The minimum absolute atomic E-state index is 0.178. The maximum atomic E-state index is 12.9. The van der Waals surface area contributed by atoms with Crippen LogP contribution < -0.4 is 15.5 Å². The van der Waals surface area contributed by atoms with Crippen LogP contribution >= 0.6 is 0 Å². The fourth-order valence-electron chi connectivity index (χ4n) is 4.00. The lowest BCUT2D eigenvalue weighted by Crippen LogP contribution is -2.22. The Hall–Kier alpha value is -4.40. The summed E-state index contributed by atoms with van der Waals surface area (Å²) in [7, 11) is 2.81. The molecule has 9 nitrogen and oxygen atoms in total. The summed E-state index contributed by atoms with van der Waals surface area (Å²) in [6, 6.07) is 13.2. The summed E-state index contributed by atoms with van der Waals surface area (Å²) in [6.45, 7) is 1.79. The lowest BCUT2D eigenvalue weighted by atomic mass is 9.93. The van der Waals surface area contributed by atoms with E-state index in [2.05, 4.69) is 20.6 Å². The zero-order valence-electron chi connectivity index (χ0n) is 19.6. The summed E-state index contributed by atoms with van der Waals surface area (Å²) in [5, 5.41) is 7.14. The second-order valence-corrected chi connectivity index (χ2v) is 7.93. The zero-order valence-corrected chi connectivity index (χ0v) is 19.6. The first-order valence-electron chi connectivity index (χ1n) is 11.0. The first-order chi connectivity index (χ1) is 16.9. The number of ether oxygens (including phenoxy) is 2. The molecule has 0 radical (unpaired) electrons. The first-order valence-corrected chi connectivity index (χ1v) is 11.0. The number of benzene rings is 2. The van der Waals surface area contributed by atoms with E-state index < -0.39 is 17.8 Å². The van der Waals surface area contributed by atoms with Crippen molar-refractivity contribution in [3.05, 3.63) is 82.3 Å². The average Bonchev–Trinajstić information content (AvgIpc) is 3.24. The summed E-state index contributed by atoms with van der Waals surface area (Å²) in [5.74, 6) is 0.0225. The van der Waals surface area contributed by atoms with Gasteiger partial charge in [0.25, 0.3) is 11.8 Å². The molecule has 9 heteroatoms. The molecule has 1 aliphatic carbocycles.